The number of ether oxygens (including phenoxy) is 1. The lowest BCUT2D eigenvalue weighted by Crippen LogP contribution is -2.59. The fourth-order valence-corrected chi connectivity index (χ4v) is 5.71. The van der Waals surface area contributed by atoms with Crippen molar-refractivity contribution in [3.8, 4) is 11.4 Å². The van der Waals surface area contributed by atoms with Crippen LogP contribution in [0.2, 0.25) is 0 Å². The summed E-state index contributed by atoms with van der Waals surface area (Å²) in [7, 11) is -2.48. The lowest BCUT2D eigenvalue weighted by Gasteiger charge is -2.40. The van der Waals surface area contributed by atoms with E-state index in [1.54, 1.807) is 48.3 Å². The summed E-state index contributed by atoms with van der Waals surface area (Å²) < 4.78 is 35.2. The summed E-state index contributed by atoms with van der Waals surface area (Å²) in [6, 6.07) is 5.88. The average molecular weight is 390 g/mol. The Balaban J connectivity index is 1.77. The molecule has 0 aliphatic carbocycles. The molecule has 0 bridgehead atoms. The van der Waals surface area contributed by atoms with Gasteiger partial charge in [-0.05, 0) is 44.0 Å². The predicted molar refractivity (Wildman–Crippen MR) is 98.2 cm³/mol. The molecule has 2 atom stereocenters. The molecule has 0 spiro atoms. The molecule has 0 radical (unpaired) electrons. The van der Waals surface area contributed by atoms with Crippen molar-refractivity contribution in [3.63, 3.8) is 0 Å². The Labute approximate surface area is 158 Å². The van der Waals surface area contributed by atoms with Gasteiger partial charge < -0.3 is 9.64 Å². The highest BCUT2D eigenvalue weighted by Crippen LogP contribution is 2.34. The Morgan fingerprint density at radius 2 is 2.11 bits per heavy atom. The van der Waals surface area contributed by atoms with E-state index in [1.165, 1.54) is 11.4 Å². The molecule has 3 heterocycles. The standard InChI is InChI=1S/C18H22N4O4S/c1-13-18(23)20-9-3-5-15(20)12-22(13)27(24,25)17-11-14(6-7-16(17)26-2)21-10-4-8-19-21/h4,6-8,10-11,13,15H,3,5,9,12H2,1-2H3/t13-,15-/m1/s1. The van der Waals surface area contributed by atoms with Crippen LogP contribution in [-0.4, -0.2) is 65.6 Å². The Morgan fingerprint density at radius 1 is 1.30 bits per heavy atom. The second-order valence-corrected chi connectivity index (χ2v) is 8.72. The maximum Gasteiger partial charge on any atom is 0.247 e. The summed E-state index contributed by atoms with van der Waals surface area (Å²) in [6.07, 6.45) is 5.10. The molecule has 1 amide bonds. The minimum Gasteiger partial charge on any atom is -0.495 e. The maximum absolute atomic E-state index is 13.5. The largest absolute Gasteiger partial charge is 0.495 e. The number of aromatic nitrogens is 2. The molecule has 1 aromatic carbocycles. The molecule has 2 aliphatic heterocycles. The Morgan fingerprint density at radius 3 is 2.81 bits per heavy atom. The number of carbonyl (C=O) groups excluding carboxylic acids is 1. The number of hydrogen-bond acceptors (Lipinski definition) is 5. The third kappa shape index (κ3) is 2.90. The number of amides is 1. The summed E-state index contributed by atoms with van der Waals surface area (Å²) in [4.78, 5) is 14.5. The van der Waals surface area contributed by atoms with E-state index >= 15 is 0 Å². The van der Waals surface area contributed by atoms with Gasteiger partial charge in [-0.15, -0.1) is 0 Å². The zero-order valence-corrected chi connectivity index (χ0v) is 16.1. The fourth-order valence-electron chi connectivity index (χ4n) is 3.91. The first kappa shape index (κ1) is 18.0. The van der Waals surface area contributed by atoms with Crippen LogP contribution in [0.25, 0.3) is 5.69 Å². The normalized spacial score (nSPS) is 23.5. The Bertz CT molecular complexity index is 958. The Hall–Kier alpha value is -2.39. The molecule has 0 N–H and O–H groups in total. The van der Waals surface area contributed by atoms with Crippen molar-refractivity contribution < 1.29 is 17.9 Å². The van der Waals surface area contributed by atoms with E-state index in [9.17, 15) is 13.2 Å². The SMILES string of the molecule is COc1ccc(-n2cccn2)cc1S(=O)(=O)N1C[C@H]2CCCN2C(=O)[C@H]1C. The zero-order valence-electron chi connectivity index (χ0n) is 15.3. The summed E-state index contributed by atoms with van der Waals surface area (Å²) in [6.45, 7) is 2.67. The number of methoxy groups -OCH3 is 1. The van der Waals surface area contributed by atoms with Crippen LogP contribution in [0, 0.1) is 0 Å². The first-order valence-corrected chi connectivity index (χ1v) is 10.4. The fraction of sp³-hybridized carbons (Fsp3) is 0.444. The molecule has 2 fully saturated rings. The zero-order chi connectivity index (χ0) is 19.2. The monoisotopic (exact) mass is 390 g/mol. The van der Waals surface area contributed by atoms with Crippen molar-refractivity contribution >= 4 is 15.9 Å². The predicted octanol–water partition coefficient (Wildman–Crippen LogP) is 1.26. The second kappa shape index (κ2) is 6.65. The number of hydrogen-bond donors (Lipinski definition) is 0. The number of benzene rings is 1. The van der Waals surface area contributed by atoms with Gasteiger partial charge in [-0.3, -0.25) is 4.79 Å². The number of nitrogens with zero attached hydrogens (tertiary/aromatic N) is 4. The van der Waals surface area contributed by atoms with Crippen LogP contribution < -0.4 is 4.74 Å². The van der Waals surface area contributed by atoms with Crippen LogP contribution in [0.1, 0.15) is 19.8 Å². The highest BCUT2D eigenvalue weighted by molar-refractivity contribution is 7.89. The van der Waals surface area contributed by atoms with E-state index in [0.29, 0.717) is 18.8 Å². The summed E-state index contributed by atoms with van der Waals surface area (Å²) >= 11 is 0. The molecule has 144 valence electrons. The van der Waals surface area contributed by atoms with E-state index in [-0.39, 0.29) is 22.6 Å². The number of piperazine rings is 1. The van der Waals surface area contributed by atoms with Gasteiger partial charge in [-0.2, -0.15) is 9.40 Å². The van der Waals surface area contributed by atoms with E-state index < -0.39 is 16.1 Å². The molecule has 1 aromatic heterocycles. The highest BCUT2D eigenvalue weighted by atomic mass is 32.2. The quantitative estimate of drug-likeness (QED) is 0.785. The van der Waals surface area contributed by atoms with E-state index in [1.807, 2.05) is 4.90 Å². The van der Waals surface area contributed by atoms with Gasteiger partial charge in [0, 0.05) is 31.5 Å². The van der Waals surface area contributed by atoms with E-state index in [0.717, 1.165) is 12.8 Å². The van der Waals surface area contributed by atoms with Crippen LogP contribution in [0.3, 0.4) is 0 Å². The van der Waals surface area contributed by atoms with E-state index in [4.69, 9.17) is 4.74 Å². The van der Waals surface area contributed by atoms with Crippen molar-refractivity contribution in [3.05, 3.63) is 36.7 Å². The van der Waals surface area contributed by atoms with Gasteiger partial charge in [-0.1, -0.05) is 0 Å². The molecule has 4 rings (SSSR count). The van der Waals surface area contributed by atoms with Crippen LogP contribution >= 0.6 is 0 Å². The molecular weight excluding hydrogens is 368 g/mol. The highest BCUT2D eigenvalue weighted by Gasteiger charge is 2.45. The maximum atomic E-state index is 13.5. The minimum absolute atomic E-state index is 0.0455. The molecule has 0 unspecified atom stereocenters. The molecule has 0 saturated carbocycles. The first-order valence-electron chi connectivity index (χ1n) is 8.94. The van der Waals surface area contributed by atoms with Gasteiger partial charge in [0.05, 0.1) is 12.8 Å². The third-order valence-corrected chi connectivity index (χ3v) is 7.30. The molecule has 2 saturated heterocycles. The topological polar surface area (TPSA) is 84.7 Å². The van der Waals surface area contributed by atoms with Gasteiger partial charge in [0.25, 0.3) is 0 Å². The first-order chi connectivity index (χ1) is 12.9. The smallest absolute Gasteiger partial charge is 0.247 e. The van der Waals surface area contributed by atoms with Crippen molar-refractivity contribution in [1.82, 2.24) is 19.0 Å². The number of sulfonamides is 1. The number of carbonyl (C=O) groups is 1. The average Bonchev–Trinajstić information content (AvgIpc) is 3.35. The Kier molecular flexibility index (Phi) is 4.43. The number of fused-ring (bicyclic) bond motifs is 1. The van der Waals surface area contributed by atoms with Crippen molar-refractivity contribution in [2.24, 2.45) is 0 Å². The van der Waals surface area contributed by atoms with Crippen molar-refractivity contribution in [2.75, 3.05) is 20.2 Å². The van der Waals surface area contributed by atoms with Crippen molar-refractivity contribution in [2.45, 2.75) is 36.7 Å². The summed E-state index contributed by atoms with van der Waals surface area (Å²) in [5.74, 6) is 0.119. The third-order valence-electron chi connectivity index (χ3n) is 5.34. The molecular formula is C18H22N4O4S. The van der Waals surface area contributed by atoms with Crippen LogP contribution in [0.5, 0.6) is 5.75 Å². The van der Waals surface area contributed by atoms with Gasteiger partial charge in [0.1, 0.15) is 16.7 Å². The lowest BCUT2D eigenvalue weighted by molar-refractivity contribution is -0.139. The van der Waals surface area contributed by atoms with Gasteiger partial charge in [0.2, 0.25) is 15.9 Å². The van der Waals surface area contributed by atoms with E-state index in [2.05, 4.69) is 5.10 Å². The van der Waals surface area contributed by atoms with Gasteiger partial charge in [0.15, 0.2) is 0 Å². The molecule has 2 aromatic rings. The lowest BCUT2D eigenvalue weighted by atomic mass is 10.1. The van der Waals surface area contributed by atoms with Crippen LogP contribution in [-0.2, 0) is 14.8 Å². The minimum atomic E-state index is -3.92. The molecule has 9 heteroatoms. The summed E-state index contributed by atoms with van der Waals surface area (Å²) in [5.41, 5.74) is 0.609. The van der Waals surface area contributed by atoms with Gasteiger partial charge >= 0.3 is 0 Å². The van der Waals surface area contributed by atoms with Crippen LogP contribution in [0.4, 0.5) is 0 Å². The van der Waals surface area contributed by atoms with Crippen molar-refractivity contribution in [1.29, 1.82) is 0 Å². The number of rotatable bonds is 4. The van der Waals surface area contributed by atoms with Crippen LogP contribution in [0.15, 0.2) is 41.6 Å². The summed E-state index contributed by atoms with van der Waals surface area (Å²) in [5, 5.41) is 4.15. The molecule has 2 aliphatic rings. The molecule has 27 heavy (non-hydrogen) atoms. The molecule has 8 nitrogen and oxygen atoms in total. The second-order valence-electron chi connectivity index (χ2n) is 6.86. The van der Waals surface area contributed by atoms with Gasteiger partial charge in [-0.25, -0.2) is 13.1 Å².